The zero-order chi connectivity index (χ0) is 25.1. The van der Waals surface area contributed by atoms with E-state index in [4.69, 9.17) is 18.9 Å². The van der Waals surface area contributed by atoms with Gasteiger partial charge in [-0.05, 0) is 59.7 Å². The van der Waals surface area contributed by atoms with Crippen molar-refractivity contribution >= 4 is 23.2 Å². The van der Waals surface area contributed by atoms with Crippen LogP contribution in [0.5, 0.6) is 23.0 Å². The lowest BCUT2D eigenvalue weighted by Crippen LogP contribution is -2.04. The van der Waals surface area contributed by atoms with E-state index in [-0.39, 0.29) is 0 Å². The highest BCUT2D eigenvalue weighted by molar-refractivity contribution is 6.01. The Morgan fingerprint density at radius 1 is 0.771 bits per heavy atom. The second-order valence-corrected chi connectivity index (χ2v) is 8.52. The van der Waals surface area contributed by atoms with E-state index in [1.54, 1.807) is 28.4 Å². The van der Waals surface area contributed by atoms with Crippen molar-refractivity contribution in [2.24, 2.45) is 0 Å². The lowest BCUT2D eigenvalue weighted by Gasteiger charge is -2.20. The average Bonchev–Trinajstić information content (AvgIpc) is 2.87. The standard InChI is InChI=1S/C30H32NO4/c1-19-28(22(15-20-11-9-8-10-12-20)17-27(34-6)30(19)35-7)23-14-13-21-16-25(32-4)26(33-5)18-24(21)29(23)31(2)3/h8-14,16-18H,2,15H2,1,3-7H3/q+1. The number of rotatable bonds is 8. The number of ether oxygens (including phenoxy) is 4. The fraction of sp³-hybridized carbons (Fsp3) is 0.233. The second-order valence-electron chi connectivity index (χ2n) is 8.52. The van der Waals surface area contributed by atoms with Crippen LogP contribution in [0.25, 0.3) is 21.9 Å². The molecule has 180 valence electrons. The van der Waals surface area contributed by atoms with Gasteiger partial charge in [0.15, 0.2) is 23.0 Å². The maximum atomic E-state index is 5.80. The van der Waals surface area contributed by atoms with Crippen molar-refractivity contribution in [2.45, 2.75) is 13.3 Å². The number of hydrogen-bond donors (Lipinski definition) is 0. The van der Waals surface area contributed by atoms with E-state index in [1.807, 2.05) is 29.8 Å². The average molecular weight is 471 g/mol. The largest absolute Gasteiger partial charge is 0.493 e. The van der Waals surface area contributed by atoms with Crippen LogP contribution in [-0.2, 0) is 6.42 Å². The van der Waals surface area contributed by atoms with Crippen molar-refractivity contribution in [1.29, 1.82) is 0 Å². The molecule has 0 amide bonds. The zero-order valence-corrected chi connectivity index (χ0v) is 21.3. The molecular weight excluding hydrogens is 438 g/mol. The van der Waals surface area contributed by atoms with Crippen LogP contribution in [0.2, 0.25) is 0 Å². The number of nitrogens with zero attached hydrogens (tertiary/aromatic N) is 1. The van der Waals surface area contributed by atoms with Crippen LogP contribution in [0.1, 0.15) is 16.7 Å². The summed E-state index contributed by atoms with van der Waals surface area (Å²) in [5, 5.41) is 2.07. The van der Waals surface area contributed by atoms with Crippen molar-refractivity contribution in [1.82, 2.24) is 0 Å². The maximum Gasteiger partial charge on any atom is 0.220 e. The zero-order valence-electron chi connectivity index (χ0n) is 21.3. The molecule has 0 saturated heterocycles. The van der Waals surface area contributed by atoms with Crippen LogP contribution in [-0.4, -0.2) is 46.8 Å². The van der Waals surface area contributed by atoms with E-state index < -0.39 is 0 Å². The number of methoxy groups -OCH3 is 4. The van der Waals surface area contributed by atoms with Gasteiger partial charge < -0.3 is 18.9 Å². The van der Waals surface area contributed by atoms with Crippen molar-refractivity contribution in [3.05, 3.63) is 77.4 Å². The van der Waals surface area contributed by atoms with E-state index in [2.05, 4.69) is 56.1 Å². The van der Waals surface area contributed by atoms with Crippen molar-refractivity contribution in [2.75, 3.05) is 35.5 Å². The molecule has 0 bridgehead atoms. The molecule has 0 fully saturated rings. The Labute approximate surface area is 207 Å². The lowest BCUT2D eigenvalue weighted by molar-refractivity contribution is -0.392. The Hall–Kier alpha value is -3.99. The molecular formula is C30H32NO4+. The Morgan fingerprint density at radius 2 is 1.43 bits per heavy atom. The van der Waals surface area contributed by atoms with Crippen molar-refractivity contribution in [3.8, 4) is 34.1 Å². The Bertz CT molecular complexity index is 1390. The minimum atomic E-state index is 0.675. The Morgan fingerprint density at radius 3 is 2.03 bits per heavy atom. The van der Waals surface area contributed by atoms with E-state index in [9.17, 15) is 0 Å². The first-order valence-electron chi connectivity index (χ1n) is 11.4. The predicted octanol–water partition coefficient (Wildman–Crippen LogP) is 6.41. The molecule has 4 aromatic carbocycles. The molecule has 0 atom stereocenters. The van der Waals surface area contributed by atoms with E-state index >= 15 is 0 Å². The molecule has 5 heteroatoms. The summed E-state index contributed by atoms with van der Waals surface area (Å²) in [6.07, 6.45) is 0.752. The first kappa shape index (κ1) is 24.1. The van der Waals surface area contributed by atoms with Gasteiger partial charge in [0.2, 0.25) is 5.69 Å². The maximum absolute atomic E-state index is 5.80. The van der Waals surface area contributed by atoms with Crippen LogP contribution >= 0.6 is 0 Å². The SMILES string of the molecule is C=[N+](C)c1c(-c2c(Cc3ccccc3)cc(OC)c(OC)c2C)ccc2cc(OC)c(OC)cc12. The van der Waals surface area contributed by atoms with Gasteiger partial charge in [-0.1, -0.05) is 36.4 Å². The number of benzene rings is 4. The minimum Gasteiger partial charge on any atom is -0.493 e. The normalized spacial score (nSPS) is 10.8. The highest BCUT2D eigenvalue weighted by atomic mass is 16.5. The van der Waals surface area contributed by atoms with Crippen LogP contribution < -0.4 is 18.9 Å². The summed E-state index contributed by atoms with van der Waals surface area (Å²) in [6, 6.07) is 20.8. The van der Waals surface area contributed by atoms with Crippen LogP contribution in [0, 0.1) is 6.92 Å². The smallest absolute Gasteiger partial charge is 0.220 e. The summed E-state index contributed by atoms with van der Waals surface area (Å²) in [5.74, 6) is 2.81. The van der Waals surface area contributed by atoms with Gasteiger partial charge in [0.25, 0.3) is 0 Å². The molecule has 0 aliphatic heterocycles. The van der Waals surface area contributed by atoms with Crippen LogP contribution in [0.4, 0.5) is 5.69 Å². The van der Waals surface area contributed by atoms with Gasteiger partial charge in [0.05, 0.1) is 39.4 Å². The van der Waals surface area contributed by atoms with Crippen molar-refractivity contribution < 1.29 is 23.5 Å². The third-order valence-electron chi connectivity index (χ3n) is 6.37. The molecule has 0 heterocycles. The highest BCUT2D eigenvalue weighted by Crippen LogP contribution is 2.47. The fourth-order valence-corrected chi connectivity index (χ4v) is 4.82. The van der Waals surface area contributed by atoms with Gasteiger partial charge in [-0.15, -0.1) is 0 Å². The molecule has 0 radical (unpaired) electrons. The van der Waals surface area contributed by atoms with Gasteiger partial charge in [0.1, 0.15) is 13.8 Å². The van der Waals surface area contributed by atoms with E-state index in [0.29, 0.717) is 11.5 Å². The monoisotopic (exact) mass is 470 g/mol. The summed E-state index contributed by atoms with van der Waals surface area (Å²) in [6.45, 7) is 6.35. The molecule has 4 rings (SSSR count). The Kier molecular flexibility index (Phi) is 6.97. The van der Waals surface area contributed by atoms with E-state index in [1.165, 1.54) is 5.56 Å². The van der Waals surface area contributed by atoms with Crippen LogP contribution in [0.15, 0.2) is 60.7 Å². The van der Waals surface area contributed by atoms with E-state index in [0.717, 1.165) is 56.6 Å². The molecule has 0 aliphatic rings. The summed E-state index contributed by atoms with van der Waals surface area (Å²) in [7, 11) is 8.61. The molecule has 0 saturated carbocycles. The van der Waals surface area contributed by atoms with Gasteiger partial charge in [-0.3, -0.25) is 0 Å². The Balaban J connectivity index is 2.07. The quantitative estimate of drug-likeness (QED) is 0.220. The van der Waals surface area contributed by atoms with Crippen molar-refractivity contribution in [3.63, 3.8) is 0 Å². The molecule has 0 N–H and O–H groups in total. The molecule has 35 heavy (non-hydrogen) atoms. The molecule has 0 unspecified atom stereocenters. The summed E-state index contributed by atoms with van der Waals surface area (Å²) in [4.78, 5) is 0. The number of fused-ring (bicyclic) bond motifs is 1. The minimum absolute atomic E-state index is 0.675. The highest BCUT2D eigenvalue weighted by Gasteiger charge is 2.25. The predicted molar refractivity (Wildman–Crippen MR) is 143 cm³/mol. The van der Waals surface area contributed by atoms with Gasteiger partial charge >= 0.3 is 0 Å². The van der Waals surface area contributed by atoms with Crippen LogP contribution in [0.3, 0.4) is 0 Å². The lowest BCUT2D eigenvalue weighted by atomic mass is 9.88. The molecule has 5 nitrogen and oxygen atoms in total. The van der Waals surface area contributed by atoms with Gasteiger partial charge in [0, 0.05) is 5.56 Å². The fourth-order valence-electron chi connectivity index (χ4n) is 4.82. The summed E-state index contributed by atoms with van der Waals surface area (Å²) < 4.78 is 24.6. The second kappa shape index (κ2) is 10.1. The molecule has 0 aromatic heterocycles. The first-order valence-corrected chi connectivity index (χ1v) is 11.4. The van der Waals surface area contributed by atoms with Gasteiger partial charge in [-0.25, -0.2) is 4.58 Å². The van der Waals surface area contributed by atoms with Gasteiger partial charge in [-0.2, -0.15) is 0 Å². The third kappa shape index (κ3) is 4.42. The topological polar surface area (TPSA) is 39.9 Å². The molecule has 0 aliphatic carbocycles. The third-order valence-corrected chi connectivity index (χ3v) is 6.37. The molecule has 0 spiro atoms. The summed E-state index contributed by atoms with van der Waals surface area (Å²) in [5.41, 5.74) is 6.54. The molecule has 4 aromatic rings. The first-order chi connectivity index (χ1) is 16.9. The summed E-state index contributed by atoms with van der Waals surface area (Å²) >= 11 is 0. The number of hydrogen-bond acceptors (Lipinski definition) is 4.